The smallest absolute Gasteiger partial charge is 0.119 e. The number of hydrogen-bond donors (Lipinski definition) is 1. The molecule has 1 aliphatic heterocycles. The first-order chi connectivity index (χ1) is 14.8. The van der Waals surface area contributed by atoms with E-state index < -0.39 is 0 Å². The van der Waals surface area contributed by atoms with Crippen molar-refractivity contribution >= 4 is 5.69 Å². The predicted octanol–water partition coefficient (Wildman–Crippen LogP) is 4.97. The minimum absolute atomic E-state index is 0.374. The number of anilines is 1. The Bertz CT molecular complexity index is 978. The summed E-state index contributed by atoms with van der Waals surface area (Å²) in [6, 6.07) is 27.0. The average molecular weight is 399 g/mol. The number of piperazine rings is 1. The van der Waals surface area contributed by atoms with E-state index in [-0.39, 0.29) is 0 Å². The van der Waals surface area contributed by atoms with Crippen LogP contribution in [-0.2, 0) is 6.42 Å². The van der Waals surface area contributed by atoms with E-state index in [1.54, 1.807) is 7.11 Å². The predicted molar refractivity (Wildman–Crippen MR) is 124 cm³/mol. The second-order valence-corrected chi connectivity index (χ2v) is 8.43. The van der Waals surface area contributed by atoms with Gasteiger partial charge in [0.15, 0.2) is 0 Å². The summed E-state index contributed by atoms with van der Waals surface area (Å²) in [5.74, 6) is 1.83. The van der Waals surface area contributed by atoms with E-state index in [4.69, 9.17) is 4.74 Å². The SMILES string of the molecule is COc1ccc2c(c1)CC[C@H](c1ccccc1)[C@@H]2c1ccc(N2CCNCC2)cc1. The fourth-order valence-corrected chi connectivity index (χ4v) is 5.21. The molecule has 5 rings (SSSR count). The Hall–Kier alpha value is -2.78. The van der Waals surface area contributed by atoms with E-state index in [2.05, 4.69) is 83.0 Å². The van der Waals surface area contributed by atoms with Gasteiger partial charge < -0.3 is 15.0 Å². The van der Waals surface area contributed by atoms with Crippen LogP contribution in [0.5, 0.6) is 5.75 Å². The van der Waals surface area contributed by atoms with Gasteiger partial charge in [-0.25, -0.2) is 0 Å². The van der Waals surface area contributed by atoms with Gasteiger partial charge in [-0.3, -0.25) is 0 Å². The summed E-state index contributed by atoms with van der Waals surface area (Å²) < 4.78 is 5.50. The monoisotopic (exact) mass is 398 g/mol. The van der Waals surface area contributed by atoms with Gasteiger partial charge in [-0.05, 0) is 65.3 Å². The van der Waals surface area contributed by atoms with Crippen LogP contribution in [0, 0.1) is 0 Å². The van der Waals surface area contributed by atoms with Crippen LogP contribution in [0.3, 0.4) is 0 Å². The molecule has 1 N–H and O–H groups in total. The molecule has 0 spiro atoms. The third kappa shape index (κ3) is 3.70. The number of nitrogens with zero attached hydrogens (tertiary/aromatic N) is 1. The summed E-state index contributed by atoms with van der Waals surface area (Å²) in [7, 11) is 1.75. The summed E-state index contributed by atoms with van der Waals surface area (Å²) >= 11 is 0. The van der Waals surface area contributed by atoms with E-state index in [0.717, 1.165) is 44.8 Å². The molecule has 2 atom stereocenters. The first kappa shape index (κ1) is 19.2. The van der Waals surface area contributed by atoms with Crippen molar-refractivity contribution in [3.05, 3.63) is 95.1 Å². The minimum atomic E-state index is 0.374. The zero-order valence-corrected chi connectivity index (χ0v) is 17.7. The summed E-state index contributed by atoms with van der Waals surface area (Å²) in [4.78, 5) is 2.48. The fraction of sp³-hybridized carbons (Fsp3) is 0.333. The Kier molecular flexibility index (Phi) is 5.46. The number of nitrogens with one attached hydrogen (secondary N) is 1. The van der Waals surface area contributed by atoms with Crippen molar-refractivity contribution in [1.82, 2.24) is 5.32 Å². The average Bonchev–Trinajstić information content (AvgIpc) is 2.84. The Labute approximate surface area is 179 Å². The van der Waals surface area contributed by atoms with Crippen molar-refractivity contribution in [2.75, 3.05) is 38.2 Å². The van der Waals surface area contributed by atoms with Crippen molar-refractivity contribution in [1.29, 1.82) is 0 Å². The van der Waals surface area contributed by atoms with Crippen LogP contribution in [0.15, 0.2) is 72.8 Å². The third-order valence-corrected chi connectivity index (χ3v) is 6.77. The van der Waals surface area contributed by atoms with Gasteiger partial charge in [-0.15, -0.1) is 0 Å². The zero-order chi connectivity index (χ0) is 20.3. The molecule has 3 heteroatoms. The van der Waals surface area contributed by atoms with Gasteiger partial charge >= 0.3 is 0 Å². The molecular weight excluding hydrogens is 368 g/mol. The largest absolute Gasteiger partial charge is 0.497 e. The number of aryl methyl sites for hydroxylation is 1. The lowest BCUT2D eigenvalue weighted by atomic mass is 9.69. The van der Waals surface area contributed by atoms with E-state index in [1.165, 1.54) is 27.9 Å². The normalized spacial score (nSPS) is 21.2. The molecule has 0 saturated carbocycles. The van der Waals surface area contributed by atoms with Gasteiger partial charge in [0.1, 0.15) is 5.75 Å². The van der Waals surface area contributed by atoms with Crippen molar-refractivity contribution < 1.29 is 4.74 Å². The van der Waals surface area contributed by atoms with E-state index in [1.807, 2.05) is 0 Å². The van der Waals surface area contributed by atoms with Crippen LogP contribution < -0.4 is 15.0 Å². The Morgan fingerprint density at radius 3 is 2.37 bits per heavy atom. The lowest BCUT2D eigenvalue weighted by molar-refractivity contribution is 0.412. The van der Waals surface area contributed by atoms with E-state index in [0.29, 0.717) is 11.8 Å². The molecule has 0 radical (unpaired) electrons. The standard InChI is InChI=1S/C27H30N2O/c1-30-24-12-14-26-22(19-24)9-13-25(20-5-3-2-4-6-20)27(26)21-7-10-23(11-8-21)29-17-15-28-16-18-29/h2-8,10-12,14,19,25,27-28H,9,13,15-18H2,1H3/t25-,27+/m1/s1. The van der Waals surface area contributed by atoms with E-state index in [9.17, 15) is 0 Å². The lowest BCUT2D eigenvalue weighted by Gasteiger charge is -2.35. The molecule has 3 nitrogen and oxygen atoms in total. The van der Waals surface area contributed by atoms with Gasteiger partial charge in [-0.1, -0.05) is 48.5 Å². The maximum absolute atomic E-state index is 5.50. The van der Waals surface area contributed by atoms with Gasteiger partial charge in [0.05, 0.1) is 7.11 Å². The highest BCUT2D eigenvalue weighted by molar-refractivity contribution is 5.52. The molecule has 2 aliphatic rings. The zero-order valence-electron chi connectivity index (χ0n) is 17.7. The molecular formula is C27H30N2O. The summed E-state index contributed by atoms with van der Waals surface area (Å²) in [5.41, 5.74) is 7.06. The maximum Gasteiger partial charge on any atom is 0.119 e. The van der Waals surface area contributed by atoms with Crippen LogP contribution in [0.25, 0.3) is 0 Å². The van der Waals surface area contributed by atoms with Crippen LogP contribution >= 0.6 is 0 Å². The number of methoxy groups -OCH3 is 1. The molecule has 1 fully saturated rings. The molecule has 1 saturated heterocycles. The molecule has 0 unspecified atom stereocenters. The topological polar surface area (TPSA) is 24.5 Å². The van der Waals surface area contributed by atoms with Crippen molar-refractivity contribution in [2.45, 2.75) is 24.7 Å². The van der Waals surface area contributed by atoms with Crippen LogP contribution in [-0.4, -0.2) is 33.3 Å². The maximum atomic E-state index is 5.50. The van der Waals surface area contributed by atoms with Crippen LogP contribution in [0.4, 0.5) is 5.69 Å². The van der Waals surface area contributed by atoms with Gasteiger partial charge in [-0.2, -0.15) is 0 Å². The summed E-state index contributed by atoms with van der Waals surface area (Å²) in [6.45, 7) is 4.29. The van der Waals surface area contributed by atoms with Gasteiger partial charge in [0.25, 0.3) is 0 Å². The lowest BCUT2D eigenvalue weighted by Crippen LogP contribution is -2.43. The van der Waals surface area contributed by atoms with Gasteiger partial charge in [0.2, 0.25) is 0 Å². The first-order valence-electron chi connectivity index (χ1n) is 11.1. The quantitative estimate of drug-likeness (QED) is 0.672. The third-order valence-electron chi connectivity index (χ3n) is 6.77. The highest BCUT2D eigenvalue weighted by Gasteiger charge is 2.32. The number of benzene rings is 3. The number of hydrogen-bond acceptors (Lipinski definition) is 3. The number of fused-ring (bicyclic) bond motifs is 1. The highest BCUT2D eigenvalue weighted by Crippen LogP contribution is 2.47. The minimum Gasteiger partial charge on any atom is -0.497 e. The molecule has 0 amide bonds. The molecule has 1 aliphatic carbocycles. The molecule has 3 aromatic rings. The molecule has 0 aromatic heterocycles. The van der Waals surface area contributed by atoms with Crippen molar-refractivity contribution in [2.24, 2.45) is 0 Å². The number of ether oxygens (including phenoxy) is 1. The molecule has 1 heterocycles. The molecule has 154 valence electrons. The first-order valence-corrected chi connectivity index (χ1v) is 11.1. The Morgan fingerprint density at radius 2 is 1.63 bits per heavy atom. The summed E-state index contributed by atoms with van der Waals surface area (Å²) in [6.07, 6.45) is 2.26. The van der Waals surface area contributed by atoms with E-state index >= 15 is 0 Å². The van der Waals surface area contributed by atoms with Crippen LogP contribution in [0.2, 0.25) is 0 Å². The van der Waals surface area contributed by atoms with Crippen LogP contribution in [0.1, 0.15) is 40.5 Å². The summed E-state index contributed by atoms with van der Waals surface area (Å²) in [5, 5.41) is 3.44. The van der Waals surface area contributed by atoms with Crippen molar-refractivity contribution in [3.8, 4) is 5.75 Å². The molecule has 30 heavy (non-hydrogen) atoms. The number of rotatable bonds is 4. The second kappa shape index (κ2) is 8.53. The van der Waals surface area contributed by atoms with Gasteiger partial charge in [0, 0.05) is 37.8 Å². The molecule has 3 aromatic carbocycles. The second-order valence-electron chi connectivity index (χ2n) is 8.43. The Balaban J connectivity index is 1.53. The fourth-order valence-electron chi connectivity index (χ4n) is 5.21. The van der Waals surface area contributed by atoms with Crippen molar-refractivity contribution in [3.63, 3.8) is 0 Å². The Morgan fingerprint density at radius 1 is 0.867 bits per heavy atom. The highest BCUT2D eigenvalue weighted by atomic mass is 16.5. The molecule has 0 bridgehead atoms.